The minimum absolute atomic E-state index is 0.143. The monoisotopic (exact) mass is 314 g/mol. The van der Waals surface area contributed by atoms with E-state index in [4.69, 9.17) is 16.1 Å². The SMILES string of the molecule is Cc1noc(Cl)c1CCC(=O)NCC(O)c1ccsc1. The van der Waals surface area contributed by atoms with E-state index in [0.717, 1.165) is 11.1 Å². The van der Waals surface area contributed by atoms with Gasteiger partial charge in [0.2, 0.25) is 11.1 Å². The molecule has 2 aromatic rings. The van der Waals surface area contributed by atoms with Crippen molar-refractivity contribution in [1.29, 1.82) is 0 Å². The van der Waals surface area contributed by atoms with Gasteiger partial charge in [0.15, 0.2) is 0 Å². The number of nitrogens with one attached hydrogen (secondary N) is 1. The molecule has 5 nitrogen and oxygen atoms in total. The van der Waals surface area contributed by atoms with Gasteiger partial charge in [-0.3, -0.25) is 4.79 Å². The lowest BCUT2D eigenvalue weighted by atomic mass is 10.1. The molecule has 0 bridgehead atoms. The van der Waals surface area contributed by atoms with Crippen LogP contribution >= 0.6 is 22.9 Å². The molecule has 108 valence electrons. The Kier molecular flexibility index (Phi) is 5.17. The molecule has 2 N–H and O–H groups in total. The Hall–Kier alpha value is -1.37. The highest BCUT2D eigenvalue weighted by Crippen LogP contribution is 2.20. The van der Waals surface area contributed by atoms with E-state index < -0.39 is 6.10 Å². The largest absolute Gasteiger partial charge is 0.387 e. The fraction of sp³-hybridized carbons (Fsp3) is 0.385. The lowest BCUT2D eigenvalue weighted by molar-refractivity contribution is -0.121. The molecule has 2 rings (SSSR count). The van der Waals surface area contributed by atoms with Gasteiger partial charge in [-0.15, -0.1) is 0 Å². The smallest absolute Gasteiger partial charge is 0.229 e. The van der Waals surface area contributed by atoms with E-state index in [1.54, 1.807) is 6.92 Å². The summed E-state index contributed by atoms with van der Waals surface area (Å²) in [6, 6.07) is 1.84. The van der Waals surface area contributed by atoms with Gasteiger partial charge in [0.25, 0.3) is 0 Å². The zero-order valence-electron chi connectivity index (χ0n) is 10.9. The van der Waals surface area contributed by atoms with Crippen molar-refractivity contribution in [3.05, 3.63) is 38.9 Å². The molecule has 0 aromatic carbocycles. The number of aliphatic hydroxyl groups excluding tert-OH is 1. The van der Waals surface area contributed by atoms with Gasteiger partial charge < -0.3 is 14.9 Å². The van der Waals surface area contributed by atoms with Crippen LogP contribution in [0.4, 0.5) is 0 Å². The van der Waals surface area contributed by atoms with Crippen molar-refractivity contribution < 1.29 is 14.4 Å². The second kappa shape index (κ2) is 6.88. The quantitative estimate of drug-likeness (QED) is 0.859. The Labute approximate surface area is 125 Å². The molecule has 1 atom stereocenters. The number of carbonyl (C=O) groups excluding carboxylic acids is 1. The summed E-state index contributed by atoms with van der Waals surface area (Å²) >= 11 is 7.33. The van der Waals surface area contributed by atoms with Gasteiger partial charge in [-0.1, -0.05) is 5.16 Å². The van der Waals surface area contributed by atoms with Crippen molar-refractivity contribution in [2.75, 3.05) is 6.54 Å². The number of amides is 1. The molecule has 0 spiro atoms. The van der Waals surface area contributed by atoms with E-state index in [1.807, 2.05) is 16.8 Å². The molecule has 0 saturated heterocycles. The Bertz CT molecular complexity index is 549. The van der Waals surface area contributed by atoms with Crippen LogP contribution in [0.5, 0.6) is 0 Å². The summed E-state index contributed by atoms with van der Waals surface area (Å²) in [5.41, 5.74) is 2.26. The van der Waals surface area contributed by atoms with Crippen LogP contribution in [0.15, 0.2) is 21.3 Å². The lowest BCUT2D eigenvalue weighted by Gasteiger charge is -2.10. The molecule has 0 aliphatic heterocycles. The highest BCUT2D eigenvalue weighted by atomic mass is 35.5. The number of hydrogen-bond acceptors (Lipinski definition) is 5. The minimum atomic E-state index is -0.675. The standard InChI is InChI=1S/C13H15ClN2O3S/c1-8-10(13(14)19-16-8)2-3-12(18)15-6-11(17)9-4-5-20-7-9/h4-5,7,11,17H,2-3,6H2,1H3,(H,15,18). The molecule has 20 heavy (non-hydrogen) atoms. The number of aliphatic hydroxyl groups is 1. The van der Waals surface area contributed by atoms with Crippen LogP contribution in [0, 0.1) is 6.92 Å². The first-order chi connectivity index (χ1) is 9.58. The van der Waals surface area contributed by atoms with Gasteiger partial charge in [0.1, 0.15) is 0 Å². The Morgan fingerprint density at radius 3 is 3.05 bits per heavy atom. The van der Waals surface area contributed by atoms with E-state index in [2.05, 4.69) is 10.5 Å². The maximum absolute atomic E-state index is 11.7. The van der Waals surface area contributed by atoms with Crippen molar-refractivity contribution in [2.24, 2.45) is 0 Å². The Morgan fingerprint density at radius 2 is 2.45 bits per heavy atom. The molecule has 0 fully saturated rings. The summed E-state index contributed by atoms with van der Waals surface area (Å²) in [5.74, 6) is -0.143. The first-order valence-electron chi connectivity index (χ1n) is 6.15. The lowest BCUT2D eigenvalue weighted by Crippen LogP contribution is -2.28. The van der Waals surface area contributed by atoms with E-state index in [1.165, 1.54) is 11.3 Å². The number of halogens is 1. The van der Waals surface area contributed by atoms with Crippen LogP contribution in [-0.4, -0.2) is 22.7 Å². The molecule has 1 amide bonds. The highest BCUT2D eigenvalue weighted by molar-refractivity contribution is 7.07. The van der Waals surface area contributed by atoms with Crippen molar-refractivity contribution in [3.8, 4) is 0 Å². The van der Waals surface area contributed by atoms with Crippen LogP contribution in [0.25, 0.3) is 0 Å². The Balaban J connectivity index is 1.76. The van der Waals surface area contributed by atoms with Gasteiger partial charge in [-0.25, -0.2) is 0 Å². The van der Waals surface area contributed by atoms with Crippen molar-refractivity contribution in [1.82, 2.24) is 10.5 Å². The fourth-order valence-electron chi connectivity index (χ4n) is 1.76. The predicted molar refractivity (Wildman–Crippen MR) is 76.9 cm³/mol. The third kappa shape index (κ3) is 3.82. The zero-order chi connectivity index (χ0) is 14.5. The van der Waals surface area contributed by atoms with Crippen molar-refractivity contribution >= 4 is 28.8 Å². The molecular weight excluding hydrogens is 300 g/mol. The first-order valence-corrected chi connectivity index (χ1v) is 7.47. The summed E-state index contributed by atoms with van der Waals surface area (Å²) in [5, 5.41) is 20.2. The summed E-state index contributed by atoms with van der Waals surface area (Å²) in [6.07, 6.45) is 0.0678. The van der Waals surface area contributed by atoms with Crippen LogP contribution in [0.3, 0.4) is 0 Å². The summed E-state index contributed by atoms with van der Waals surface area (Å²) in [7, 11) is 0. The van der Waals surface area contributed by atoms with E-state index in [0.29, 0.717) is 12.1 Å². The zero-order valence-corrected chi connectivity index (χ0v) is 12.5. The topological polar surface area (TPSA) is 75.4 Å². The molecule has 1 unspecified atom stereocenters. The molecule has 0 aliphatic carbocycles. The van der Waals surface area contributed by atoms with E-state index in [9.17, 15) is 9.90 Å². The highest BCUT2D eigenvalue weighted by Gasteiger charge is 2.14. The first kappa shape index (κ1) is 15.0. The van der Waals surface area contributed by atoms with Crippen molar-refractivity contribution in [2.45, 2.75) is 25.9 Å². The number of aromatic nitrogens is 1. The number of hydrogen-bond donors (Lipinski definition) is 2. The maximum Gasteiger partial charge on any atom is 0.229 e. The summed E-state index contributed by atoms with van der Waals surface area (Å²) in [4.78, 5) is 11.7. The van der Waals surface area contributed by atoms with Gasteiger partial charge in [0, 0.05) is 18.5 Å². The number of nitrogens with zero attached hydrogens (tertiary/aromatic N) is 1. The maximum atomic E-state index is 11.7. The number of carbonyl (C=O) groups is 1. The van der Waals surface area contributed by atoms with Crippen LogP contribution in [-0.2, 0) is 11.2 Å². The van der Waals surface area contributed by atoms with E-state index in [-0.39, 0.29) is 24.1 Å². The summed E-state index contributed by atoms with van der Waals surface area (Å²) in [6.45, 7) is 1.98. The van der Waals surface area contributed by atoms with Crippen LogP contribution in [0.1, 0.15) is 29.3 Å². The third-order valence-electron chi connectivity index (χ3n) is 2.96. The number of aryl methyl sites for hydroxylation is 1. The van der Waals surface area contributed by atoms with Gasteiger partial charge in [-0.2, -0.15) is 11.3 Å². The normalized spacial score (nSPS) is 12.3. The average Bonchev–Trinajstić information content (AvgIpc) is 3.05. The number of thiophene rings is 1. The fourth-order valence-corrected chi connectivity index (χ4v) is 2.73. The van der Waals surface area contributed by atoms with Crippen molar-refractivity contribution in [3.63, 3.8) is 0 Å². The van der Waals surface area contributed by atoms with E-state index >= 15 is 0 Å². The molecule has 7 heteroatoms. The average molecular weight is 315 g/mol. The summed E-state index contributed by atoms with van der Waals surface area (Å²) < 4.78 is 4.82. The van der Waals surface area contributed by atoms with Crippen LogP contribution in [0.2, 0.25) is 5.22 Å². The molecule has 0 radical (unpaired) electrons. The molecule has 0 saturated carbocycles. The molecule has 0 aliphatic rings. The van der Waals surface area contributed by atoms with Gasteiger partial charge in [-0.05, 0) is 47.3 Å². The predicted octanol–water partition coefficient (Wildman–Crippen LogP) is 2.48. The van der Waals surface area contributed by atoms with Gasteiger partial charge in [0.05, 0.1) is 11.8 Å². The Morgan fingerprint density at radius 1 is 1.65 bits per heavy atom. The van der Waals surface area contributed by atoms with Crippen LogP contribution < -0.4 is 5.32 Å². The minimum Gasteiger partial charge on any atom is -0.387 e. The second-order valence-corrected chi connectivity index (χ2v) is 5.52. The molecular formula is C13H15ClN2O3S. The molecule has 2 heterocycles. The third-order valence-corrected chi connectivity index (χ3v) is 3.96. The number of rotatable bonds is 6. The molecule has 2 aromatic heterocycles. The van der Waals surface area contributed by atoms with Gasteiger partial charge >= 0.3 is 0 Å². The second-order valence-electron chi connectivity index (χ2n) is 4.40.